The van der Waals surface area contributed by atoms with Gasteiger partial charge in [-0.05, 0) is 112 Å². The van der Waals surface area contributed by atoms with Gasteiger partial charge in [-0.15, -0.1) is 0 Å². The molecule has 6 rings (SSSR count). The molecule has 2 aliphatic rings. The zero-order valence-corrected chi connectivity index (χ0v) is 39.5. The van der Waals surface area contributed by atoms with Crippen molar-refractivity contribution in [3.8, 4) is 23.1 Å². The number of ether oxygens (including phenoxy) is 3. The summed E-state index contributed by atoms with van der Waals surface area (Å²) in [7, 11) is 0. The molecule has 3 heterocycles. The Labute approximate surface area is 398 Å². The first kappa shape index (κ1) is 51.0. The Bertz CT molecular complexity index is 2450. The molecule has 2 saturated heterocycles. The summed E-state index contributed by atoms with van der Waals surface area (Å²) in [5, 5.41) is 15.0. The van der Waals surface area contributed by atoms with Gasteiger partial charge in [0.1, 0.15) is 30.0 Å². The molecule has 0 saturated carbocycles. The van der Waals surface area contributed by atoms with Gasteiger partial charge in [-0.2, -0.15) is 18.4 Å². The third-order valence-electron chi connectivity index (χ3n) is 11.6. The minimum absolute atomic E-state index is 0.00185. The molecular formula is C49H56F3N7O8S. The smallest absolute Gasteiger partial charge is 0.417 e. The number of carbonyl (C=O) groups excluding carboxylic acids is 4. The van der Waals surface area contributed by atoms with E-state index in [-0.39, 0.29) is 35.8 Å². The van der Waals surface area contributed by atoms with E-state index in [1.165, 1.54) is 12.5 Å². The summed E-state index contributed by atoms with van der Waals surface area (Å²) in [5.41, 5.74) is -1.34. The van der Waals surface area contributed by atoms with Crippen molar-refractivity contribution in [1.29, 1.82) is 5.26 Å². The number of thiocarbonyl (C=S) groups is 1. The second-order valence-electron chi connectivity index (χ2n) is 18.1. The highest BCUT2D eigenvalue weighted by Crippen LogP contribution is 2.40. The highest BCUT2D eigenvalue weighted by atomic mass is 32.1. The molecule has 0 spiro atoms. The lowest BCUT2D eigenvalue weighted by molar-refractivity contribution is -0.144. The van der Waals surface area contributed by atoms with E-state index in [0.29, 0.717) is 75.8 Å². The van der Waals surface area contributed by atoms with Gasteiger partial charge in [-0.1, -0.05) is 45.0 Å². The van der Waals surface area contributed by atoms with E-state index in [0.717, 1.165) is 34.6 Å². The Hall–Kier alpha value is -6.36. The molecule has 3 aromatic carbocycles. The van der Waals surface area contributed by atoms with Gasteiger partial charge in [0.2, 0.25) is 17.7 Å². The number of alkyl halides is 3. The monoisotopic (exact) mass is 959 g/mol. The summed E-state index contributed by atoms with van der Waals surface area (Å²) in [6, 6.07) is 17.5. The number of nitrogens with one attached hydrogen (secondary N) is 2. The van der Waals surface area contributed by atoms with Crippen molar-refractivity contribution < 1.29 is 51.0 Å². The largest absolute Gasteiger partial charge is 0.494 e. The quantitative estimate of drug-likeness (QED) is 0.0657. The summed E-state index contributed by atoms with van der Waals surface area (Å²) in [5.74, 6) is -0.289. The number of anilines is 2. The number of oxazole rings is 1. The average Bonchev–Trinajstić information content (AvgIpc) is 4.06. The number of nitrogens with zero attached hydrogens (tertiary/aromatic N) is 5. The van der Waals surface area contributed by atoms with Crippen molar-refractivity contribution in [1.82, 2.24) is 20.5 Å². The van der Waals surface area contributed by atoms with E-state index in [4.69, 9.17) is 30.8 Å². The van der Waals surface area contributed by atoms with E-state index in [1.807, 2.05) is 45.0 Å². The number of likely N-dealkylation sites (tertiary alicyclic amines) is 1. The molecule has 1 unspecified atom stereocenters. The lowest BCUT2D eigenvalue weighted by atomic mass is 9.85. The fourth-order valence-corrected chi connectivity index (χ4v) is 8.47. The van der Waals surface area contributed by atoms with E-state index >= 15 is 0 Å². The second kappa shape index (κ2) is 22.2. The fourth-order valence-electron chi connectivity index (χ4n) is 7.95. The normalized spacial score (nSPS) is 16.5. The number of halogens is 3. The minimum Gasteiger partial charge on any atom is -0.494 e. The van der Waals surface area contributed by atoms with Crippen molar-refractivity contribution in [3.63, 3.8) is 0 Å². The van der Waals surface area contributed by atoms with Crippen LogP contribution in [0.2, 0.25) is 0 Å². The van der Waals surface area contributed by atoms with Gasteiger partial charge in [0.25, 0.3) is 5.91 Å². The number of hydrogen-bond acceptors (Lipinski definition) is 11. The van der Waals surface area contributed by atoms with Gasteiger partial charge in [0.15, 0.2) is 17.3 Å². The third-order valence-corrected chi connectivity index (χ3v) is 12.0. The van der Waals surface area contributed by atoms with E-state index in [1.54, 1.807) is 60.2 Å². The number of nitriles is 1. The number of hydrogen-bond donors (Lipinski definition) is 2. The summed E-state index contributed by atoms with van der Waals surface area (Å²) in [6.07, 6.45) is 1.37. The molecule has 4 aromatic rings. The van der Waals surface area contributed by atoms with Crippen LogP contribution in [0.1, 0.15) is 83.4 Å². The number of carbonyl (C=O) groups is 4. The first-order chi connectivity index (χ1) is 32.3. The Morgan fingerprint density at radius 1 is 0.956 bits per heavy atom. The summed E-state index contributed by atoms with van der Waals surface area (Å²) < 4.78 is 63.6. The maximum absolute atomic E-state index is 13.9. The van der Waals surface area contributed by atoms with Crippen LogP contribution in [0, 0.1) is 16.7 Å². The van der Waals surface area contributed by atoms with Crippen LogP contribution in [0.4, 0.5) is 24.5 Å². The maximum atomic E-state index is 13.9. The predicted molar refractivity (Wildman–Crippen MR) is 250 cm³/mol. The molecule has 68 heavy (non-hydrogen) atoms. The van der Waals surface area contributed by atoms with Gasteiger partial charge in [-0.25, -0.2) is 4.98 Å². The Balaban J connectivity index is 0.855. The van der Waals surface area contributed by atoms with Crippen LogP contribution in [0.3, 0.4) is 0 Å². The zero-order valence-electron chi connectivity index (χ0n) is 38.7. The molecule has 2 aliphatic heterocycles. The number of aromatic nitrogens is 1. The van der Waals surface area contributed by atoms with Crippen molar-refractivity contribution in [2.75, 3.05) is 49.4 Å². The van der Waals surface area contributed by atoms with Crippen LogP contribution in [-0.4, -0.2) is 95.8 Å². The van der Waals surface area contributed by atoms with Crippen LogP contribution in [-0.2, 0) is 41.4 Å². The molecule has 362 valence electrons. The van der Waals surface area contributed by atoms with Crippen LogP contribution in [0.5, 0.6) is 5.75 Å². The molecule has 2 atom stereocenters. The number of unbranched alkanes of at least 4 members (excludes halogenated alkanes) is 1. The van der Waals surface area contributed by atoms with Crippen LogP contribution >= 0.6 is 12.2 Å². The Morgan fingerprint density at radius 2 is 1.63 bits per heavy atom. The van der Waals surface area contributed by atoms with Crippen molar-refractivity contribution in [2.24, 2.45) is 5.41 Å². The molecule has 2 N–H and O–H groups in total. The van der Waals surface area contributed by atoms with Crippen LogP contribution in [0.15, 0.2) is 83.7 Å². The molecule has 15 nitrogen and oxygen atoms in total. The first-order valence-corrected chi connectivity index (χ1v) is 22.8. The lowest BCUT2D eigenvalue weighted by Gasteiger charge is -2.35. The molecule has 0 radical (unpaired) electrons. The van der Waals surface area contributed by atoms with E-state index < -0.39 is 52.2 Å². The van der Waals surface area contributed by atoms with Gasteiger partial charge in [0.05, 0.1) is 35.7 Å². The SMILES string of the molecule is CC(C)(C)C(NC(=O)COCCCOCCCCOc1ccc(N2C(=S)N(c3ccc(C#N)c(C(F)(F)F)c3)C(=O)C2(C)C)cc1)C(=O)N1CCC[C@H]1C(=O)NCc1ccc(-c2cnco2)cc1. The Morgan fingerprint density at radius 3 is 2.29 bits per heavy atom. The van der Waals surface area contributed by atoms with Crippen molar-refractivity contribution in [3.05, 3.63) is 96.0 Å². The molecule has 2 fully saturated rings. The summed E-state index contributed by atoms with van der Waals surface area (Å²) in [6.45, 7) is 10.9. The minimum atomic E-state index is -4.80. The van der Waals surface area contributed by atoms with Gasteiger partial charge < -0.3 is 39.1 Å². The highest BCUT2D eigenvalue weighted by molar-refractivity contribution is 7.81. The number of amides is 4. The zero-order chi connectivity index (χ0) is 49.2. The number of benzene rings is 3. The van der Waals surface area contributed by atoms with Crippen LogP contribution in [0.25, 0.3) is 11.3 Å². The van der Waals surface area contributed by atoms with Gasteiger partial charge in [-0.3, -0.25) is 24.1 Å². The van der Waals surface area contributed by atoms with Crippen LogP contribution < -0.4 is 25.2 Å². The van der Waals surface area contributed by atoms with Crippen molar-refractivity contribution >= 4 is 52.3 Å². The first-order valence-electron chi connectivity index (χ1n) is 22.3. The fraction of sp³-hybridized carbons (Fsp3) is 0.449. The highest BCUT2D eigenvalue weighted by Gasteiger charge is 2.51. The average molecular weight is 960 g/mol. The summed E-state index contributed by atoms with van der Waals surface area (Å²) >= 11 is 5.62. The second-order valence-corrected chi connectivity index (χ2v) is 18.4. The summed E-state index contributed by atoms with van der Waals surface area (Å²) in [4.78, 5) is 61.8. The molecule has 0 aliphatic carbocycles. The molecule has 1 aromatic heterocycles. The number of rotatable bonds is 20. The molecule has 19 heteroatoms. The maximum Gasteiger partial charge on any atom is 0.417 e. The molecular weight excluding hydrogens is 904 g/mol. The molecule has 4 amide bonds. The third kappa shape index (κ3) is 12.4. The Kier molecular flexibility index (Phi) is 16.6. The molecule has 0 bridgehead atoms. The lowest BCUT2D eigenvalue weighted by Crippen LogP contribution is -2.58. The van der Waals surface area contributed by atoms with E-state index in [9.17, 15) is 37.6 Å². The van der Waals surface area contributed by atoms with Crippen molar-refractivity contribution in [2.45, 2.75) is 97.1 Å². The van der Waals surface area contributed by atoms with E-state index in [2.05, 4.69) is 15.6 Å². The van der Waals surface area contributed by atoms with Gasteiger partial charge in [0, 0.05) is 44.2 Å². The standard InChI is InChI=1S/C49H56F3N7O8S/c1-47(2,3)42(44(62)57-21-8-10-39(57)43(61)55-28-32-11-13-33(14-12-32)40-29-54-31-67-40)56-41(60)30-65-24-9-23-64-22-6-7-25-66-37-19-17-35(18-20-37)59-46(68)58(45(63)48(59,4)5)36-16-15-34(27-53)38(26-36)49(50,51)52/h11-20,26,29,31,39,42H,6-10,21-25,28,30H2,1-5H3,(H,55,61)(H,56,60)/t39-,42?/m0/s1. The topological polar surface area (TPSA) is 180 Å². The van der Waals surface area contributed by atoms with Gasteiger partial charge >= 0.3 is 6.18 Å². The predicted octanol–water partition coefficient (Wildman–Crippen LogP) is 7.57.